The van der Waals surface area contributed by atoms with Gasteiger partial charge in [0.2, 0.25) is 5.91 Å². The highest BCUT2D eigenvalue weighted by Gasteiger charge is 2.40. The normalized spacial score (nSPS) is 28.9. The topological polar surface area (TPSA) is 81.4 Å². The molecule has 26 heavy (non-hydrogen) atoms. The molecular formula is C20H27FN2O3. The average Bonchev–Trinajstić information content (AvgIpc) is 2.61. The quantitative estimate of drug-likeness (QED) is 0.789. The molecule has 0 saturated heterocycles. The molecule has 2 aliphatic rings. The number of esters is 1. The van der Waals surface area contributed by atoms with Crippen LogP contribution >= 0.6 is 0 Å². The first-order valence-corrected chi connectivity index (χ1v) is 9.36. The first-order chi connectivity index (χ1) is 12.5. The molecule has 0 radical (unpaired) electrons. The average molecular weight is 362 g/mol. The fraction of sp³-hybridized carbons (Fsp3) is 0.600. The maximum Gasteiger partial charge on any atom is 0.307 e. The smallest absolute Gasteiger partial charge is 0.307 e. The molecule has 2 saturated carbocycles. The number of hydrogen-bond donors (Lipinski definition) is 2. The van der Waals surface area contributed by atoms with Crippen LogP contribution in [0.4, 0.5) is 4.39 Å². The second-order valence-electron chi connectivity index (χ2n) is 7.59. The minimum Gasteiger partial charge on any atom is -0.469 e. The summed E-state index contributed by atoms with van der Waals surface area (Å²) in [5, 5.41) is 2.99. The van der Waals surface area contributed by atoms with Crippen LogP contribution in [0.15, 0.2) is 24.3 Å². The number of halogens is 1. The number of nitrogens with two attached hydrogens (primary N) is 1. The molecule has 1 aromatic carbocycles. The molecule has 1 amide bonds. The van der Waals surface area contributed by atoms with Crippen molar-refractivity contribution < 1.29 is 18.7 Å². The van der Waals surface area contributed by atoms with Gasteiger partial charge in [-0.25, -0.2) is 4.39 Å². The van der Waals surface area contributed by atoms with Gasteiger partial charge < -0.3 is 15.8 Å². The number of rotatable bonds is 5. The summed E-state index contributed by atoms with van der Waals surface area (Å²) >= 11 is 0. The molecule has 0 aromatic heterocycles. The van der Waals surface area contributed by atoms with Crippen molar-refractivity contribution in [2.24, 2.45) is 23.5 Å². The molecule has 0 aliphatic heterocycles. The number of hydrogen-bond acceptors (Lipinski definition) is 4. The van der Waals surface area contributed by atoms with Gasteiger partial charge >= 0.3 is 5.97 Å². The predicted octanol–water partition coefficient (Wildman–Crippen LogP) is 2.70. The van der Waals surface area contributed by atoms with Crippen molar-refractivity contribution >= 4 is 11.9 Å². The van der Waals surface area contributed by atoms with E-state index in [9.17, 15) is 14.0 Å². The van der Waals surface area contributed by atoms with Crippen LogP contribution in [0.2, 0.25) is 0 Å². The van der Waals surface area contributed by atoms with Crippen molar-refractivity contribution in [2.45, 2.75) is 50.6 Å². The van der Waals surface area contributed by atoms with Gasteiger partial charge in [-0.3, -0.25) is 9.59 Å². The lowest BCUT2D eigenvalue weighted by molar-refractivity contribution is -0.141. The molecule has 3 rings (SSSR count). The van der Waals surface area contributed by atoms with E-state index < -0.39 is 12.0 Å². The summed E-state index contributed by atoms with van der Waals surface area (Å²) in [7, 11) is 1.32. The van der Waals surface area contributed by atoms with Gasteiger partial charge in [0, 0.05) is 12.0 Å². The fourth-order valence-corrected chi connectivity index (χ4v) is 4.49. The van der Waals surface area contributed by atoms with E-state index >= 15 is 0 Å². The molecule has 0 spiro atoms. The van der Waals surface area contributed by atoms with Gasteiger partial charge in [-0.05, 0) is 55.2 Å². The third-order valence-electron chi connectivity index (χ3n) is 5.97. The van der Waals surface area contributed by atoms with Crippen molar-refractivity contribution in [3.8, 4) is 0 Å². The maximum absolute atomic E-state index is 13.2. The Labute approximate surface area is 153 Å². The van der Waals surface area contributed by atoms with E-state index in [1.807, 2.05) is 0 Å². The Balaban J connectivity index is 1.70. The molecular weight excluding hydrogens is 335 g/mol. The zero-order valence-corrected chi connectivity index (χ0v) is 15.1. The molecule has 6 heteroatoms. The molecule has 3 unspecified atom stereocenters. The van der Waals surface area contributed by atoms with Crippen molar-refractivity contribution in [3.63, 3.8) is 0 Å². The van der Waals surface area contributed by atoms with Crippen LogP contribution < -0.4 is 11.1 Å². The number of ether oxygens (including phenoxy) is 1. The van der Waals surface area contributed by atoms with E-state index in [4.69, 9.17) is 10.5 Å². The lowest BCUT2D eigenvalue weighted by Gasteiger charge is -2.43. The minimum absolute atomic E-state index is 0.0208. The van der Waals surface area contributed by atoms with Crippen LogP contribution in [-0.4, -0.2) is 25.0 Å². The molecule has 1 aromatic rings. The molecule has 2 bridgehead atoms. The number of amides is 1. The fourth-order valence-electron chi connectivity index (χ4n) is 4.49. The van der Waals surface area contributed by atoms with E-state index in [1.165, 1.54) is 25.7 Å². The largest absolute Gasteiger partial charge is 0.469 e. The van der Waals surface area contributed by atoms with E-state index in [0.29, 0.717) is 17.4 Å². The summed E-state index contributed by atoms with van der Waals surface area (Å²) in [5.41, 5.74) is 7.00. The van der Waals surface area contributed by atoms with Crippen LogP contribution in [0.25, 0.3) is 0 Å². The molecule has 2 fully saturated rings. The van der Waals surface area contributed by atoms with E-state index in [2.05, 4.69) is 5.32 Å². The van der Waals surface area contributed by atoms with E-state index in [0.717, 1.165) is 25.7 Å². The second-order valence-corrected chi connectivity index (χ2v) is 7.59. The molecule has 3 N–H and O–H groups in total. The van der Waals surface area contributed by atoms with Crippen LogP contribution in [0, 0.1) is 23.6 Å². The highest BCUT2D eigenvalue weighted by atomic mass is 19.1. The van der Waals surface area contributed by atoms with Crippen molar-refractivity contribution in [1.82, 2.24) is 5.32 Å². The van der Waals surface area contributed by atoms with Gasteiger partial charge in [-0.15, -0.1) is 0 Å². The number of methoxy groups -OCH3 is 1. The van der Waals surface area contributed by atoms with Gasteiger partial charge in [0.1, 0.15) is 5.82 Å². The summed E-state index contributed by atoms with van der Waals surface area (Å²) in [6, 6.07) is 5.52. The number of fused-ring (bicyclic) bond motifs is 2. The molecule has 142 valence electrons. The Bertz CT molecular complexity index is 635. The summed E-state index contributed by atoms with van der Waals surface area (Å²) in [6.45, 7) is 0. The lowest BCUT2D eigenvalue weighted by Crippen LogP contribution is -2.49. The summed E-state index contributed by atoms with van der Waals surface area (Å²) < 4.78 is 18.0. The van der Waals surface area contributed by atoms with Crippen LogP contribution in [0.1, 0.15) is 50.1 Å². The Hall–Kier alpha value is -1.95. The van der Waals surface area contributed by atoms with Gasteiger partial charge in [0.25, 0.3) is 0 Å². The highest BCUT2D eigenvalue weighted by Crippen LogP contribution is 2.42. The summed E-state index contributed by atoms with van der Waals surface area (Å²) in [6.07, 6.45) is 5.00. The van der Waals surface area contributed by atoms with Crippen LogP contribution in [-0.2, 0) is 14.3 Å². The Morgan fingerprint density at radius 2 is 1.85 bits per heavy atom. The van der Waals surface area contributed by atoms with Gasteiger partial charge in [0.15, 0.2) is 0 Å². The lowest BCUT2D eigenvalue weighted by atomic mass is 9.65. The minimum atomic E-state index is -0.522. The van der Waals surface area contributed by atoms with E-state index in [1.54, 1.807) is 12.1 Å². The molecule has 0 heterocycles. The number of carbonyl (C=O) groups is 2. The SMILES string of the molecule is COC(=O)CC(NC(=O)C1CC2CCCC(C1)C2N)c1ccc(F)cc1. The monoisotopic (exact) mass is 362 g/mol. The van der Waals surface area contributed by atoms with Crippen LogP contribution in [0.5, 0.6) is 0 Å². The van der Waals surface area contributed by atoms with E-state index in [-0.39, 0.29) is 30.1 Å². The Morgan fingerprint density at radius 1 is 1.23 bits per heavy atom. The van der Waals surface area contributed by atoms with Crippen molar-refractivity contribution in [1.29, 1.82) is 0 Å². The molecule has 5 nitrogen and oxygen atoms in total. The molecule has 3 atom stereocenters. The summed E-state index contributed by atoms with van der Waals surface area (Å²) in [5.74, 6) is -0.0860. The zero-order valence-electron chi connectivity index (χ0n) is 15.1. The third kappa shape index (κ3) is 4.23. The van der Waals surface area contributed by atoms with Gasteiger partial charge in [0.05, 0.1) is 19.6 Å². The van der Waals surface area contributed by atoms with Crippen molar-refractivity contribution in [3.05, 3.63) is 35.6 Å². The number of nitrogens with one attached hydrogen (secondary N) is 1. The third-order valence-corrected chi connectivity index (χ3v) is 5.97. The maximum atomic E-state index is 13.2. The van der Waals surface area contributed by atoms with Gasteiger partial charge in [-0.1, -0.05) is 18.6 Å². The second kappa shape index (κ2) is 8.16. The Morgan fingerprint density at radius 3 is 2.42 bits per heavy atom. The number of carbonyl (C=O) groups excluding carboxylic acids is 2. The van der Waals surface area contributed by atoms with Gasteiger partial charge in [-0.2, -0.15) is 0 Å². The Kier molecular flexibility index (Phi) is 5.91. The summed E-state index contributed by atoms with van der Waals surface area (Å²) in [4.78, 5) is 24.6. The molecule has 2 aliphatic carbocycles. The first kappa shape index (κ1) is 18.8. The van der Waals surface area contributed by atoms with Crippen molar-refractivity contribution in [2.75, 3.05) is 7.11 Å². The predicted molar refractivity (Wildman–Crippen MR) is 95.4 cm³/mol. The first-order valence-electron chi connectivity index (χ1n) is 9.36. The number of benzene rings is 1. The standard InChI is InChI=1S/C20H27FN2O3/c1-26-18(24)11-17(12-5-7-16(21)8-6-12)23-20(25)15-9-13-3-2-4-14(10-15)19(13)22/h5-8,13-15,17,19H,2-4,9-11,22H2,1H3,(H,23,25). The highest BCUT2D eigenvalue weighted by molar-refractivity contribution is 5.80. The zero-order chi connectivity index (χ0) is 18.7. The van der Waals surface area contributed by atoms with Crippen LogP contribution in [0.3, 0.4) is 0 Å².